The molecule has 3 rings (SSSR count). The highest BCUT2D eigenvalue weighted by Gasteiger charge is 2.57. The van der Waals surface area contributed by atoms with Crippen molar-refractivity contribution >= 4 is 0 Å². The molecule has 1 fully saturated rings. The van der Waals surface area contributed by atoms with E-state index in [2.05, 4.69) is 56.2 Å². The molecule has 1 saturated carbocycles. The van der Waals surface area contributed by atoms with Crippen molar-refractivity contribution in [2.45, 2.75) is 64.7 Å². The first-order valence-corrected chi connectivity index (χ1v) is 10.3. The second kappa shape index (κ2) is 7.40. The van der Waals surface area contributed by atoms with Gasteiger partial charge in [0.05, 0.1) is 0 Å². The molecule has 1 aromatic carbocycles. The van der Waals surface area contributed by atoms with E-state index in [0.29, 0.717) is 10.8 Å². The molecule has 0 saturated heterocycles. The van der Waals surface area contributed by atoms with Gasteiger partial charge in [0.2, 0.25) is 0 Å². The Morgan fingerprint density at radius 1 is 1.20 bits per heavy atom. The highest BCUT2D eigenvalue weighted by molar-refractivity contribution is 5.46. The van der Waals surface area contributed by atoms with Crippen molar-refractivity contribution in [2.24, 2.45) is 11.3 Å². The van der Waals surface area contributed by atoms with Crippen molar-refractivity contribution in [2.75, 3.05) is 33.7 Å². The second-order valence-corrected chi connectivity index (χ2v) is 9.34. The van der Waals surface area contributed by atoms with Gasteiger partial charge in [0.25, 0.3) is 0 Å². The largest absolute Gasteiger partial charge is 0.320 e. The van der Waals surface area contributed by atoms with Gasteiger partial charge in [0.15, 0.2) is 0 Å². The van der Waals surface area contributed by atoms with E-state index < -0.39 is 0 Å². The maximum atomic E-state index is 3.26. The number of hydrogen-bond acceptors (Lipinski definition) is 2. The summed E-state index contributed by atoms with van der Waals surface area (Å²) in [6, 6.07) is 7.27. The molecule has 2 nitrogen and oxygen atoms in total. The lowest BCUT2D eigenvalue weighted by atomic mass is 9.60. The minimum Gasteiger partial charge on any atom is -0.320 e. The van der Waals surface area contributed by atoms with E-state index in [9.17, 15) is 0 Å². The zero-order valence-electron chi connectivity index (χ0n) is 17.1. The molecule has 0 radical (unpaired) electrons. The Labute approximate surface area is 155 Å². The Kier molecular flexibility index (Phi) is 5.60. The van der Waals surface area contributed by atoms with Gasteiger partial charge in [-0.3, -0.25) is 0 Å². The Balaban J connectivity index is 1.80. The van der Waals surface area contributed by atoms with Gasteiger partial charge in [-0.25, -0.2) is 0 Å². The van der Waals surface area contributed by atoms with Crippen LogP contribution >= 0.6 is 0 Å². The first-order valence-electron chi connectivity index (χ1n) is 10.3. The van der Waals surface area contributed by atoms with Crippen LogP contribution in [0.2, 0.25) is 0 Å². The molecule has 0 aromatic heterocycles. The quantitative estimate of drug-likeness (QED) is 0.732. The normalized spacial score (nSPS) is 27.4. The Bertz CT molecular complexity index is 592. The van der Waals surface area contributed by atoms with Crippen LogP contribution in [0.1, 0.15) is 62.6 Å². The van der Waals surface area contributed by atoms with Gasteiger partial charge >= 0.3 is 0 Å². The van der Waals surface area contributed by atoms with E-state index in [-0.39, 0.29) is 0 Å². The van der Waals surface area contributed by atoms with Gasteiger partial charge in [-0.05, 0) is 88.7 Å². The van der Waals surface area contributed by atoms with Crippen LogP contribution in [0, 0.1) is 18.3 Å². The second-order valence-electron chi connectivity index (χ2n) is 9.34. The summed E-state index contributed by atoms with van der Waals surface area (Å²) >= 11 is 0. The maximum Gasteiger partial charge on any atom is 0.00505 e. The molecule has 25 heavy (non-hydrogen) atoms. The number of aryl methyl sites for hydroxylation is 1. The molecule has 0 aliphatic heterocycles. The van der Waals surface area contributed by atoms with E-state index in [1.165, 1.54) is 57.2 Å². The molecule has 140 valence electrons. The first kappa shape index (κ1) is 18.9. The number of unbranched alkanes of at least 4 members (excludes halogenated alkanes) is 1. The van der Waals surface area contributed by atoms with Gasteiger partial charge in [0.1, 0.15) is 0 Å². The number of nitrogens with one attached hydrogen (secondary N) is 1. The van der Waals surface area contributed by atoms with E-state index >= 15 is 0 Å². The third-order valence-corrected chi connectivity index (χ3v) is 7.24. The smallest absolute Gasteiger partial charge is 0.00505 e. The SMILES string of the molecule is CNCCCCN(C)CC1Cc2ccc(C)cc2C12CCCC2(C)C. The van der Waals surface area contributed by atoms with Gasteiger partial charge in [0, 0.05) is 12.0 Å². The Morgan fingerprint density at radius 2 is 2.00 bits per heavy atom. The Morgan fingerprint density at radius 3 is 2.68 bits per heavy atom. The topological polar surface area (TPSA) is 15.3 Å². The molecule has 2 aliphatic carbocycles. The number of hydrogen-bond donors (Lipinski definition) is 1. The minimum atomic E-state index is 0.396. The van der Waals surface area contributed by atoms with Crippen molar-refractivity contribution < 1.29 is 0 Å². The summed E-state index contributed by atoms with van der Waals surface area (Å²) < 4.78 is 0. The molecule has 2 aliphatic rings. The van der Waals surface area contributed by atoms with Crippen molar-refractivity contribution in [3.63, 3.8) is 0 Å². The van der Waals surface area contributed by atoms with Gasteiger partial charge in [-0.1, -0.05) is 44.0 Å². The third kappa shape index (κ3) is 3.40. The monoisotopic (exact) mass is 342 g/mol. The highest BCUT2D eigenvalue weighted by Crippen LogP contribution is 2.62. The van der Waals surface area contributed by atoms with Gasteiger partial charge < -0.3 is 10.2 Å². The lowest BCUT2D eigenvalue weighted by Gasteiger charge is -2.45. The third-order valence-electron chi connectivity index (χ3n) is 7.24. The predicted molar refractivity (Wildman–Crippen MR) is 108 cm³/mol. The lowest BCUT2D eigenvalue weighted by Crippen LogP contribution is -2.45. The molecule has 2 unspecified atom stereocenters. The highest BCUT2D eigenvalue weighted by atomic mass is 15.1. The summed E-state index contributed by atoms with van der Waals surface area (Å²) in [5.74, 6) is 0.774. The molecule has 1 spiro atoms. The molecule has 0 bridgehead atoms. The zero-order valence-corrected chi connectivity index (χ0v) is 17.1. The van der Waals surface area contributed by atoms with E-state index in [0.717, 1.165) is 12.5 Å². The van der Waals surface area contributed by atoms with Gasteiger partial charge in [-0.2, -0.15) is 0 Å². The molecule has 0 heterocycles. The van der Waals surface area contributed by atoms with Crippen molar-refractivity contribution in [3.05, 3.63) is 34.9 Å². The molecule has 2 heteroatoms. The minimum absolute atomic E-state index is 0.396. The van der Waals surface area contributed by atoms with E-state index in [1.807, 2.05) is 7.05 Å². The fourth-order valence-electron chi connectivity index (χ4n) is 5.94. The van der Waals surface area contributed by atoms with Crippen LogP contribution < -0.4 is 5.32 Å². The summed E-state index contributed by atoms with van der Waals surface area (Å²) in [5.41, 5.74) is 5.58. The van der Waals surface area contributed by atoms with Crippen LogP contribution in [-0.4, -0.2) is 38.6 Å². The van der Waals surface area contributed by atoms with Crippen molar-refractivity contribution in [1.29, 1.82) is 0 Å². The standard InChI is InChI=1S/C23H38N2/c1-18-9-10-19-16-20(17-25(5)14-7-6-13-24-4)23(21(19)15-18)12-8-11-22(23,2)3/h9-10,15,20,24H,6-8,11-14,16-17H2,1-5H3. The van der Waals surface area contributed by atoms with Crippen LogP contribution in [0.25, 0.3) is 0 Å². The average molecular weight is 343 g/mol. The average Bonchev–Trinajstić information content (AvgIpc) is 3.03. The van der Waals surface area contributed by atoms with Crippen LogP contribution in [0.3, 0.4) is 0 Å². The number of benzene rings is 1. The Hall–Kier alpha value is -0.860. The fourth-order valence-corrected chi connectivity index (χ4v) is 5.94. The molecule has 1 aromatic rings. The molecule has 0 amide bonds. The van der Waals surface area contributed by atoms with Gasteiger partial charge in [-0.15, -0.1) is 0 Å². The van der Waals surface area contributed by atoms with E-state index in [4.69, 9.17) is 0 Å². The van der Waals surface area contributed by atoms with Crippen LogP contribution in [-0.2, 0) is 11.8 Å². The first-order chi connectivity index (χ1) is 11.9. The lowest BCUT2D eigenvalue weighted by molar-refractivity contribution is 0.108. The molecule has 2 atom stereocenters. The van der Waals surface area contributed by atoms with E-state index in [1.54, 1.807) is 11.1 Å². The molecule has 1 N–H and O–H groups in total. The van der Waals surface area contributed by atoms with Crippen LogP contribution in [0.15, 0.2) is 18.2 Å². The number of fused-ring (bicyclic) bond motifs is 2. The molecular formula is C23H38N2. The zero-order chi connectivity index (χ0) is 18.1. The number of nitrogens with zero attached hydrogens (tertiary/aromatic N) is 1. The number of rotatable bonds is 7. The predicted octanol–water partition coefficient (Wildman–Crippen LogP) is 4.55. The van der Waals surface area contributed by atoms with Crippen LogP contribution in [0.4, 0.5) is 0 Å². The summed E-state index contributed by atoms with van der Waals surface area (Å²) in [4.78, 5) is 2.61. The van der Waals surface area contributed by atoms with Crippen molar-refractivity contribution in [1.82, 2.24) is 10.2 Å². The summed E-state index contributed by atoms with van der Waals surface area (Å²) in [7, 11) is 4.39. The maximum absolute atomic E-state index is 3.26. The van der Waals surface area contributed by atoms with Crippen molar-refractivity contribution in [3.8, 4) is 0 Å². The summed E-state index contributed by atoms with van der Waals surface area (Å²) in [6.07, 6.45) is 8.01. The fraction of sp³-hybridized carbons (Fsp3) is 0.739. The summed E-state index contributed by atoms with van der Waals surface area (Å²) in [6.45, 7) is 10.9. The summed E-state index contributed by atoms with van der Waals surface area (Å²) in [5, 5.41) is 3.26. The van der Waals surface area contributed by atoms with Crippen LogP contribution in [0.5, 0.6) is 0 Å². The molecular weight excluding hydrogens is 304 g/mol.